The first-order valence-electron chi connectivity index (χ1n) is 7.57. The number of nitrogens with one attached hydrogen (secondary N) is 2. The predicted octanol–water partition coefficient (Wildman–Crippen LogP) is 2.31. The zero-order valence-electron chi connectivity index (χ0n) is 14.0. The minimum Gasteiger partial charge on any atom is -0.354 e. The highest BCUT2D eigenvalue weighted by molar-refractivity contribution is 5.85. The Labute approximate surface area is 142 Å². The quantitative estimate of drug-likeness (QED) is 0.779. The van der Waals surface area contributed by atoms with Gasteiger partial charge in [0.25, 0.3) is 0 Å². The van der Waals surface area contributed by atoms with Crippen molar-refractivity contribution in [2.24, 2.45) is 11.8 Å². The van der Waals surface area contributed by atoms with Crippen LogP contribution in [0.2, 0.25) is 0 Å². The summed E-state index contributed by atoms with van der Waals surface area (Å²) in [6.45, 7) is 8.34. The minimum atomic E-state index is 0. The molecule has 0 aromatic rings. The molecule has 0 radical (unpaired) electrons. The topological polar surface area (TPSA) is 44.4 Å². The second-order valence-corrected chi connectivity index (χ2v) is 6.57. The number of hydrogen-bond acceptors (Lipinski definition) is 3. The van der Waals surface area contributed by atoms with Crippen LogP contribution in [-0.2, 0) is 4.79 Å². The van der Waals surface area contributed by atoms with Crippen molar-refractivity contribution in [1.82, 2.24) is 15.5 Å². The highest BCUT2D eigenvalue weighted by Crippen LogP contribution is 2.16. The van der Waals surface area contributed by atoms with Crippen LogP contribution in [0.15, 0.2) is 0 Å². The fourth-order valence-corrected chi connectivity index (χ4v) is 2.75. The van der Waals surface area contributed by atoms with Crippen molar-refractivity contribution in [1.29, 1.82) is 0 Å². The van der Waals surface area contributed by atoms with Gasteiger partial charge in [0.2, 0.25) is 5.91 Å². The van der Waals surface area contributed by atoms with E-state index in [2.05, 4.69) is 50.4 Å². The first kappa shape index (κ1) is 23.2. The number of halogens is 2. The van der Waals surface area contributed by atoms with Crippen molar-refractivity contribution < 1.29 is 4.79 Å². The molecule has 1 aliphatic heterocycles. The van der Waals surface area contributed by atoms with Gasteiger partial charge in [-0.3, -0.25) is 4.79 Å². The molecular weight excluding hydrogens is 309 g/mol. The van der Waals surface area contributed by atoms with Crippen LogP contribution >= 0.6 is 24.8 Å². The van der Waals surface area contributed by atoms with E-state index in [-0.39, 0.29) is 36.6 Å². The molecule has 128 valence electrons. The summed E-state index contributed by atoms with van der Waals surface area (Å²) in [5.41, 5.74) is 0. The number of likely N-dealkylation sites (N-methyl/N-ethyl adjacent to an activating group) is 1. The number of carbonyl (C=O) groups excluding carboxylic acids is 1. The number of rotatable bonds is 6. The molecule has 1 heterocycles. The van der Waals surface area contributed by atoms with Crippen molar-refractivity contribution in [3.63, 3.8) is 0 Å². The summed E-state index contributed by atoms with van der Waals surface area (Å²) in [4.78, 5) is 14.4. The average Bonchev–Trinajstić information content (AvgIpc) is 2.33. The lowest BCUT2D eigenvalue weighted by Gasteiger charge is -2.30. The van der Waals surface area contributed by atoms with Crippen LogP contribution in [0.25, 0.3) is 0 Å². The van der Waals surface area contributed by atoms with Crippen LogP contribution in [0, 0.1) is 11.8 Å². The molecule has 2 N–H and O–H groups in total. The Kier molecular flexibility index (Phi) is 12.8. The third-order valence-electron chi connectivity index (χ3n) is 3.98. The van der Waals surface area contributed by atoms with Crippen LogP contribution in [0.1, 0.15) is 40.0 Å². The van der Waals surface area contributed by atoms with Gasteiger partial charge in [-0.2, -0.15) is 0 Å². The summed E-state index contributed by atoms with van der Waals surface area (Å²) < 4.78 is 0. The van der Waals surface area contributed by atoms with Crippen molar-refractivity contribution in [2.45, 2.75) is 52.1 Å². The summed E-state index contributed by atoms with van der Waals surface area (Å²) in [6.07, 6.45) is 3.05. The summed E-state index contributed by atoms with van der Waals surface area (Å²) in [6, 6.07) is 0.896. The van der Waals surface area contributed by atoms with E-state index in [0.29, 0.717) is 18.0 Å². The Morgan fingerprint density at radius 1 is 1.33 bits per heavy atom. The van der Waals surface area contributed by atoms with Crippen LogP contribution in [0.4, 0.5) is 0 Å². The molecule has 3 atom stereocenters. The van der Waals surface area contributed by atoms with E-state index in [1.165, 1.54) is 0 Å². The van der Waals surface area contributed by atoms with Crippen molar-refractivity contribution >= 4 is 30.7 Å². The molecule has 1 unspecified atom stereocenters. The third-order valence-corrected chi connectivity index (χ3v) is 3.98. The molecule has 1 amide bonds. The lowest BCUT2D eigenvalue weighted by Crippen LogP contribution is -2.46. The summed E-state index contributed by atoms with van der Waals surface area (Å²) in [5.74, 6) is 1.09. The molecular formula is C15H33Cl2N3O. The third kappa shape index (κ3) is 8.87. The van der Waals surface area contributed by atoms with E-state index < -0.39 is 0 Å². The molecule has 1 aliphatic rings. The van der Waals surface area contributed by atoms with Crippen molar-refractivity contribution in [2.75, 3.05) is 27.2 Å². The molecule has 0 aliphatic carbocycles. The molecule has 1 saturated heterocycles. The van der Waals surface area contributed by atoms with Crippen LogP contribution in [0.5, 0.6) is 0 Å². The van der Waals surface area contributed by atoms with Gasteiger partial charge in [0, 0.05) is 24.5 Å². The van der Waals surface area contributed by atoms with Gasteiger partial charge in [-0.05, 0) is 52.7 Å². The molecule has 1 fully saturated rings. The minimum absolute atomic E-state index is 0. The van der Waals surface area contributed by atoms with Gasteiger partial charge >= 0.3 is 0 Å². The van der Waals surface area contributed by atoms with Crippen LogP contribution < -0.4 is 10.6 Å². The molecule has 6 heteroatoms. The molecule has 0 saturated carbocycles. The van der Waals surface area contributed by atoms with E-state index in [0.717, 1.165) is 32.4 Å². The van der Waals surface area contributed by atoms with Gasteiger partial charge in [0.05, 0.1) is 0 Å². The van der Waals surface area contributed by atoms with Gasteiger partial charge in [-0.25, -0.2) is 0 Å². The van der Waals surface area contributed by atoms with Gasteiger partial charge in [-0.15, -0.1) is 24.8 Å². The maximum absolute atomic E-state index is 12.2. The number of amides is 1. The molecule has 21 heavy (non-hydrogen) atoms. The number of hydrogen-bond donors (Lipinski definition) is 2. The fraction of sp³-hybridized carbons (Fsp3) is 0.933. The summed E-state index contributed by atoms with van der Waals surface area (Å²) >= 11 is 0. The van der Waals surface area contributed by atoms with E-state index in [1.807, 2.05) is 0 Å². The standard InChI is InChI=1S/C15H31N3O.2ClH/c1-11(2)8-14(18(4)5)10-17-15(19)13-6-7-16-12(3)9-13;;/h11-14,16H,6-10H2,1-5H3,(H,17,19);2*1H/t12-,13-,14?;;/m0../s1. The van der Waals surface area contributed by atoms with Crippen molar-refractivity contribution in [3.05, 3.63) is 0 Å². The van der Waals surface area contributed by atoms with Crippen LogP contribution in [0.3, 0.4) is 0 Å². The normalized spacial score (nSPS) is 23.2. The molecule has 1 rings (SSSR count). The van der Waals surface area contributed by atoms with Gasteiger partial charge in [-0.1, -0.05) is 13.8 Å². The zero-order valence-corrected chi connectivity index (χ0v) is 15.6. The molecule has 0 bridgehead atoms. The van der Waals surface area contributed by atoms with Gasteiger partial charge < -0.3 is 15.5 Å². The highest BCUT2D eigenvalue weighted by Gasteiger charge is 2.25. The fourth-order valence-electron chi connectivity index (χ4n) is 2.75. The molecule has 0 aromatic heterocycles. The monoisotopic (exact) mass is 341 g/mol. The lowest BCUT2D eigenvalue weighted by atomic mass is 9.92. The highest BCUT2D eigenvalue weighted by atomic mass is 35.5. The smallest absolute Gasteiger partial charge is 0.223 e. The maximum Gasteiger partial charge on any atom is 0.223 e. The van der Waals surface area contributed by atoms with Gasteiger partial charge in [0.15, 0.2) is 0 Å². The van der Waals surface area contributed by atoms with E-state index in [1.54, 1.807) is 0 Å². The summed E-state index contributed by atoms with van der Waals surface area (Å²) in [5, 5.41) is 6.54. The van der Waals surface area contributed by atoms with E-state index in [9.17, 15) is 4.79 Å². The zero-order chi connectivity index (χ0) is 14.4. The van der Waals surface area contributed by atoms with Crippen molar-refractivity contribution in [3.8, 4) is 0 Å². The SMILES string of the molecule is CC(C)CC(CNC(=O)[C@H]1CCN[C@@H](C)C1)N(C)C.Cl.Cl. The number of carbonyl (C=O) groups is 1. The Hall–Kier alpha value is -0.0300. The van der Waals surface area contributed by atoms with Crippen LogP contribution in [-0.4, -0.2) is 50.1 Å². The second kappa shape index (κ2) is 11.5. The maximum atomic E-state index is 12.2. The number of nitrogens with zero attached hydrogens (tertiary/aromatic N) is 1. The lowest BCUT2D eigenvalue weighted by molar-refractivity contribution is -0.126. The molecule has 4 nitrogen and oxygen atoms in total. The first-order chi connectivity index (χ1) is 8.90. The summed E-state index contributed by atoms with van der Waals surface area (Å²) in [7, 11) is 4.18. The Balaban J connectivity index is 0. The second-order valence-electron chi connectivity index (χ2n) is 6.57. The Morgan fingerprint density at radius 3 is 2.43 bits per heavy atom. The Morgan fingerprint density at radius 2 is 1.95 bits per heavy atom. The Bertz CT molecular complexity index is 288. The molecule has 0 aromatic carbocycles. The largest absolute Gasteiger partial charge is 0.354 e. The predicted molar refractivity (Wildman–Crippen MR) is 94.6 cm³/mol. The molecule has 0 spiro atoms. The number of piperidine rings is 1. The first-order valence-corrected chi connectivity index (χ1v) is 7.57. The average molecular weight is 342 g/mol. The van der Waals surface area contributed by atoms with Gasteiger partial charge in [0.1, 0.15) is 0 Å². The van der Waals surface area contributed by atoms with E-state index >= 15 is 0 Å². The van der Waals surface area contributed by atoms with E-state index in [4.69, 9.17) is 0 Å².